The SMILES string of the molecule is C/C(=N\NC(=O)CCCOc1ccc(Cl)cc1Cl)c1ccc(Cl)cc1. The Morgan fingerprint density at radius 3 is 2.44 bits per heavy atom. The van der Waals surface area contributed by atoms with Crippen molar-refractivity contribution in [3.05, 3.63) is 63.1 Å². The molecule has 2 rings (SSSR count). The maximum Gasteiger partial charge on any atom is 0.240 e. The van der Waals surface area contributed by atoms with Crippen LogP contribution in [0.25, 0.3) is 0 Å². The topological polar surface area (TPSA) is 50.7 Å². The molecule has 0 radical (unpaired) electrons. The Morgan fingerprint density at radius 1 is 1.08 bits per heavy atom. The van der Waals surface area contributed by atoms with Crippen LogP contribution in [0.1, 0.15) is 25.3 Å². The lowest BCUT2D eigenvalue weighted by atomic mass is 10.1. The van der Waals surface area contributed by atoms with E-state index in [9.17, 15) is 4.79 Å². The van der Waals surface area contributed by atoms with Gasteiger partial charge in [-0.1, -0.05) is 46.9 Å². The average Bonchev–Trinajstić information content (AvgIpc) is 2.58. The van der Waals surface area contributed by atoms with Gasteiger partial charge in [-0.2, -0.15) is 5.10 Å². The van der Waals surface area contributed by atoms with Crippen LogP contribution in [0, 0.1) is 0 Å². The zero-order valence-corrected chi connectivity index (χ0v) is 15.8. The number of carbonyl (C=O) groups is 1. The van der Waals surface area contributed by atoms with Crippen molar-refractivity contribution in [2.45, 2.75) is 19.8 Å². The van der Waals surface area contributed by atoms with Crippen molar-refractivity contribution in [1.82, 2.24) is 5.43 Å². The first-order valence-corrected chi connectivity index (χ1v) is 8.76. The zero-order chi connectivity index (χ0) is 18.2. The molecule has 0 aliphatic carbocycles. The van der Waals surface area contributed by atoms with E-state index in [0.717, 1.165) is 5.56 Å². The molecule has 0 aromatic heterocycles. The summed E-state index contributed by atoms with van der Waals surface area (Å²) in [5.41, 5.74) is 4.13. The van der Waals surface area contributed by atoms with Crippen LogP contribution in [0.5, 0.6) is 5.75 Å². The fraction of sp³-hybridized carbons (Fsp3) is 0.222. The molecular formula is C18H17Cl3N2O2. The van der Waals surface area contributed by atoms with E-state index in [4.69, 9.17) is 39.5 Å². The maximum absolute atomic E-state index is 11.8. The lowest BCUT2D eigenvalue weighted by Crippen LogP contribution is -2.19. The summed E-state index contributed by atoms with van der Waals surface area (Å²) in [6.45, 7) is 2.18. The van der Waals surface area contributed by atoms with Gasteiger partial charge in [-0.3, -0.25) is 4.79 Å². The molecule has 0 saturated heterocycles. The van der Waals surface area contributed by atoms with E-state index < -0.39 is 0 Å². The Hall–Kier alpha value is -1.75. The molecule has 0 fully saturated rings. The number of hydrogen-bond donors (Lipinski definition) is 1. The summed E-state index contributed by atoms with van der Waals surface area (Å²) >= 11 is 17.7. The summed E-state index contributed by atoms with van der Waals surface area (Å²) in [5, 5.41) is 5.73. The smallest absolute Gasteiger partial charge is 0.240 e. The lowest BCUT2D eigenvalue weighted by molar-refractivity contribution is -0.121. The van der Waals surface area contributed by atoms with E-state index in [1.54, 1.807) is 30.3 Å². The van der Waals surface area contributed by atoms with Gasteiger partial charge in [-0.25, -0.2) is 5.43 Å². The predicted molar refractivity (Wildman–Crippen MR) is 103 cm³/mol. The van der Waals surface area contributed by atoms with Crippen LogP contribution < -0.4 is 10.2 Å². The molecule has 25 heavy (non-hydrogen) atoms. The monoisotopic (exact) mass is 398 g/mol. The Balaban J connectivity index is 1.73. The van der Waals surface area contributed by atoms with E-state index in [1.165, 1.54) is 0 Å². The molecule has 0 bridgehead atoms. The minimum Gasteiger partial charge on any atom is -0.492 e. The normalized spacial score (nSPS) is 11.3. The van der Waals surface area contributed by atoms with E-state index in [1.807, 2.05) is 19.1 Å². The second-order valence-corrected chi connectivity index (χ2v) is 6.55. The van der Waals surface area contributed by atoms with Gasteiger partial charge >= 0.3 is 0 Å². The van der Waals surface area contributed by atoms with Crippen LogP contribution in [-0.2, 0) is 4.79 Å². The average molecular weight is 400 g/mol. The van der Waals surface area contributed by atoms with Gasteiger partial charge in [-0.15, -0.1) is 0 Å². The third-order valence-corrected chi connectivity index (χ3v) is 4.09. The quantitative estimate of drug-likeness (QED) is 0.388. The molecule has 2 aromatic rings. The second kappa shape index (κ2) is 9.66. The second-order valence-electron chi connectivity index (χ2n) is 5.27. The molecular weight excluding hydrogens is 383 g/mol. The van der Waals surface area contributed by atoms with Crippen LogP contribution in [0.4, 0.5) is 0 Å². The van der Waals surface area contributed by atoms with Gasteiger partial charge < -0.3 is 4.74 Å². The number of benzene rings is 2. The van der Waals surface area contributed by atoms with Crippen LogP contribution >= 0.6 is 34.8 Å². The number of halogens is 3. The number of rotatable bonds is 7. The molecule has 4 nitrogen and oxygen atoms in total. The van der Waals surface area contributed by atoms with Gasteiger partial charge in [0.05, 0.1) is 17.3 Å². The summed E-state index contributed by atoms with van der Waals surface area (Å²) < 4.78 is 5.53. The number of carbonyl (C=O) groups excluding carboxylic acids is 1. The molecule has 0 saturated carbocycles. The first kappa shape index (κ1) is 19.6. The van der Waals surface area contributed by atoms with Crippen molar-refractivity contribution in [2.24, 2.45) is 5.10 Å². The van der Waals surface area contributed by atoms with Crippen LogP contribution in [0.2, 0.25) is 15.1 Å². The van der Waals surface area contributed by atoms with Crippen molar-refractivity contribution < 1.29 is 9.53 Å². The minimum atomic E-state index is -0.181. The molecule has 132 valence electrons. The van der Waals surface area contributed by atoms with Gasteiger partial charge in [0.15, 0.2) is 0 Å². The van der Waals surface area contributed by atoms with Gasteiger partial charge in [0.25, 0.3) is 0 Å². The third-order valence-electron chi connectivity index (χ3n) is 3.31. The number of hydrogen-bond acceptors (Lipinski definition) is 3. The summed E-state index contributed by atoms with van der Waals surface area (Å²) in [7, 11) is 0. The summed E-state index contributed by atoms with van der Waals surface area (Å²) in [4.78, 5) is 11.8. The van der Waals surface area contributed by atoms with E-state index in [2.05, 4.69) is 10.5 Å². The van der Waals surface area contributed by atoms with Gasteiger partial charge in [0.1, 0.15) is 5.75 Å². The van der Waals surface area contributed by atoms with Crippen molar-refractivity contribution >= 4 is 46.4 Å². The Labute approximate surface area is 161 Å². The Kier molecular flexibility index (Phi) is 7.56. The van der Waals surface area contributed by atoms with Crippen molar-refractivity contribution in [1.29, 1.82) is 0 Å². The molecule has 0 atom stereocenters. The van der Waals surface area contributed by atoms with Gasteiger partial charge in [0.2, 0.25) is 5.91 Å². The molecule has 7 heteroatoms. The van der Waals surface area contributed by atoms with Gasteiger partial charge in [0, 0.05) is 16.5 Å². The fourth-order valence-electron chi connectivity index (χ4n) is 1.96. The molecule has 0 spiro atoms. The van der Waals surface area contributed by atoms with Crippen LogP contribution in [0.15, 0.2) is 47.6 Å². The number of ether oxygens (including phenoxy) is 1. The van der Waals surface area contributed by atoms with Gasteiger partial charge in [-0.05, 0) is 49.2 Å². The number of nitrogens with one attached hydrogen (secondary N) is 1. The minimum absolute atomic E-state index is 0.181. The highest BCUT2D eigenvalue weighted by Crippen LogP contribution is 2.27. The number of amides is 1. The van der Waals surface area contributed by atoms with Crippen molar-refractivity contribution in [3.8, 4) is 5.75 Å². The number of hydrazone groups is 1. The predicted octanol–water partition coefficient (Wildman–Crippen LogP) is 5.35. The summed E-state index contributed by atoms with van der Waals surface area (Å²) in [6, 6.07) is 12.2. The molecule has 0 aliphatic rings. The lowest BCUT2D eigenvalue weighted by Gasteiger charge is -2.08. The molecule has 0 unspecified atom stereocenters. The fourth-order valence-corrected chi connectivity index (χ4v) is 2.55. The van der Waals surface area contributed by atoms with E-state index >= 15 is 0 Å². The Bertz CT molecular complexity index is 761. The van der Waals surface area contributed by atoms with Crippen molar-refractivity contribution in [2.75, 3.05) is 6.61 Å². The molecule has 1 N–H and O–H groups in total. The first-order valence-electron chi connectivity index (χ1n) is 7.62. The molecule has 0 heterocycles. The molecule has 2 aromatic carbocycles. The molecule has 1 amide bonds. The highest BCUT2D eigenvalue weighted by Gasteiger charge is 2.05. The summed E-state index contributed by atoms with van der Waals surface area (Å²) in [6.07, 6.45) is 0.836. The summed E-state index contributed by atoms with van der Waals surface area (Å²) in [5.74, 6) is 0.363. The largest absolute Gasteiger partial charge is 0.492 e. The Morgan fingerprint density at radius 2 is 1.76 bits per heavy atom. The molecule has 0 aliphatic heterocycles. The van der Waals surface area contributed by atoms with Crippen LogP contribution in [0.3, 0.4) is 0 Å². The highest BCUT2D eigenvalue weighted by atomic mass is 35.5. The van der Waals surface area contributed by atoms with Crippen LogP contribution in [-0.4, -0.2) is 18.2 Å². The first-order chi connectivity index (χ1) is 12.0. The van der Waals surface area contributed by atoms with E-state index in [-0.39, 0.29) is 5.91 Å². The number of nitrogens with zero attached hydrogens (tertiary/aromatic N) is 1. The standard InChI is InChI=1S/C18H17Cl3N2O2/c1-12(13-4-6-14(19)7-5-13)22-23-18(24)3-2-10-25-17-9-8-15(20)11-16(17)21/h4-9,11H,2-3,10H2,1H3,(H,23,24)/b22-12+. The van der Waals surface area contributed by atoms with Crippen molar-refractivity contribution in [3.63, 3.8) is 0 Å². The maximum atomic E-state index is 11.8. The zero-order valence-electron chi connectivity index (χ0n) is 13.6. The van der Waals surface area contributed by atoms with E-state index in [0.29, 0.717) is 46.0 Å². The highest BCUT2D eigenvalue weighted by molar-refractivity contribution is 6.35. The third kappa shape index (κ3) is 6.58.